The van der Waals surface area contributed by atoms with E-state index in [-0.39, 0.29) is 11.5 Å². The fourth-order valence-corrected chi connectivity index (χ4v) is 5.27. The van der Waals surface area contributed by atoms with Gasteiger partial charge in [-0.25, -0.2) is 4.79 Å². The van der Waals surface area contributed by atoms with Crippen LogP contribution in [0.1, 0.15) is 34.3 Å². The van der Waals surface area contributed by atoms with Crippen molar-refractivity contribution in [2.24, 2.45) is 7.05 Å². The fraction of sp³-hybridized carbons (Fsp3) is 0.280. The van der Waals surface area contributed by atoms with Crippen LogP contribution in [0.3, 0.4) is 0 Å². The molecule has 1 spiro atoms. The van der Waals surface area contributed by atoms with E-state index in [2.05, 4.69) is 10.3 Å². The molecule has 168 valence electrons. The topological polar surface area (TPSA) is 104 Å². The number of rotatable bonds is 4. The summed E-state index contributed by atoms with van der Waals surface area (Å²) < 4.78 is 1.18. The second-order valence-electron chi connectivity index (χ2n) is 8.67. The van der Waals surface area contributed by atoms with Gasteiger partial charge in [-0.1, -0.05) is 48.5 Å². The molecule has 3 aromatic rings. The highest BCUT2D eigenvalue weighted by molar-refractivity contribution is 6.08. The highest BCUT2D eigenvalue weighted by atomic mass is 16.2. The maximum absolute atomic E-state index is 13.6. The number of nitrogens with one attached hydrogen (secondary N) is 2. The molecule has 2 aromatic carbocycles. The molecule has 2 amide bonds. The van der Waals surface area contributed by atoms with Crippen molar-refractivity contribution >= 4 is 17.5 Å². The van der Waals surface area contributed by atoms with Crippen LogP contribution in [0.25, 0.3) is 0 Å². The average molecular weight is 444 g/mol. The minimum absolute atomic E-state index is 0.106. The Morgan fingerprint density at radius 2 is 1.79 bits per heavy atom. The number of aromatic amines is 1. The summed E-state index contributed by atoms with van der Waals surface area (Å²) in [5, 5.41) is 3.00. The number of benzene rings is 2. The molecule has 1 saturated heterocycles. The molecule has 0 bridgehead atoms. The van der Waals surface area contributed by atoms with Crippen LogP contribution < -0.4 is 16.6 Å². The number of hydrogen-bond acceptors (Lipinski definition) is 4. The van der Waals surface area contributed by atoms with Crippen LogP contribution in [-0.2, 0) is 23.7 Å². The summed E-state index contributed by atoms with van der Waals surface area (Å²) in [5.41, 5.74) is 0.471. The summed E-state index contributed by atoms with van der Waals surface area (Å²) in [7, 11) is 1.48. The molecule has 0 aliphatic carbocycles. The van der Waals surface area contributed by atoms with E-state index in [1.54, 1.807) is 4.90 Å². The lowest BCUT2D eigenvalue weighted by Gasteiger charge is -2.34. The largest absolute Gasteiger partial charge is 0.334 e. The molecule has 0 radical (unpaired) electrons. The zero-order chi connectivity index (χ0) is 23.2. The summed E-state index contributed by atoms with van der Waals surface area (Å²) in [6.45, 7) is 0.336. The lowest BCUT2D eigenvalue weighted by atomic mass is 9.73. The van der Waals surface area contributed by atoms with Crippen molar-refractivity contribution in [3.8, 4) is 0 Å². The van der Waals surface area contributed by atoms with Gasteiger partial charge in [0.2, 0.25) is 5.91 Å². The first-order chi connectivity index (χ1) is 15.9. The van der Waals surface area contributed by atoms with Crippen molar-refractivity contribution in [2.45, 2.75) is 30.7 Å². The third-order valence-corrected chi connectivity index (χ3v) is 6.90. The van der Waals surface area contributed by atoms with E-state index in [0.717, 1.165) is 16.8 Å². The summed E-state index contributed by atoms with van der Waals surface area (Å²) in [6.07, 6.45) is 2.97. The smallest absolute Gasteiger partial charge is 0.328 e. The molecule has 33 heavy (non-hydrogen) atoms. The molecule has 0 unspecified atom stereocenters. The lowest BCUT2D eigenvalue weighted by molar-refractivity contribution is -0.121. The quantitative estimate of drug-likeness (QED) is 0.640. The van der Waals surface area contributed by atoms with Crippen molar-refractivity contribution in [1.29, 1.82) is 0 Å². The third kappa shape index (κ3) is 3.29. The zero-order valence-electron chi connectivity index (χ0n) is 18.2. The molecule has 8 nitrogen and oxygen atoms in total. The summed E-state index contributed by atoms with van der Waals surface area (Å²) >= 11 is 0. The SMILES string of the molecule is Cn1cc(C(=O)N2CC[C@]3(C(=O)Nc4ccccc43)[C@@H]2CCc2ccccc2)c(=O)[nH]c1=O. The molecule has 1 aromatic heterocycles. The van der Waals surface area contributed by atoms with E-state index in [4.69, 9.17) is 0 Å². The maximum Gasteiger partial charge on any atom is 0.328 e. The highest BCUT2D eigenvalue weighted by Gasteiger charge is 2.58. The first kappa shape index (κ1) is 20.9. The number of carbonyl (C=O) groups is 2. The first-order valence-electron chi connectivity index (χ1n) is 11.0. The standard InChI is InChI=1S/C25H24N4O4/c1-28-15-17(21(30)27-24(28)33)22(31)29-14-13-25(18-9-5-6-10-19(18)26-23(25)32)20(29)12-11-16-7-3-2-4-8-16/h2-10,15,20H,11-14H2,1H3,(H,26,32)(H,27,30,33)/t20-,25+/m0/s1. The van der Waals surface area contributed by atoms with Crippen LogP contribution in [0.5, 0.6) is 0 Å². The zero-order valence-corrected chi connectivity index (χ0v) is 18.2. The van der Waals surface area contributed by atoms with Crippen LogP contribution in [0.15, 0.2) is 70.4 Å². The maximum atomic E-state index is 13.6. The molecular formula is C25H24N4O4. The van der Waals surface area contributed by atoms with E-state index in [9.17, 15) is 19.2 Å². The Bertz CT molecular complexity index is 1360. The predicted molar refractivity (Wildman–Crippen MR) is 123 cm³/mol. The van der Waals surface area contributed by atoms with Crippen LogP contribution in [0.4, 0.5) is 5.69 Å². The Hall–Kier alpha value is -3.94. The molecule has 2 aliphatic heterocycles. The number of nitrogens with zero attached hydrogens (tertiary/aromatic N) is 2. The van der Waals surface area contributed by atoms with Crippen LogP contribution in [-0.4, -0.2) is 38.9 Å². The Balaban J connectivity index is 1.57. The Morgan fingerprint density at radius 1 is 1.06 bits per heavy atom. The van der Waals surface area contributed by atoms with Crippen molar-refractivity contribution in [3.05, 3.63) is 98.3 Å². The molecule has 0 saturated carbocycles. The van der Waals surface area contributed by atoms with E-state index < -0.39 is 28.6 Å². The van der Waals surface area contributed by atoms with E-state index in [0.29, 0.717) is 25.8 Å². The summed E-state index contributed by atoms with van der Waals surface area (Å²) in [5.74, 6) is -0.592. The Labute approximate surface area is 189 Å². The van der Waals surface area contributed by atoms with E-state index in [1.165, 1.54) is 17.8 Å². The van der Waals surface area contributed by atoms with Gasteiger partial charge < -0.3 is 14.8 Å². The minimum atomic E-state index is -0.880. The molecule has 2 atom stereocenters. The van der Waals surface area contributed by atoms with Gasteiger partial charge in [-0.3, -0.25) is 19.4 Å². The average Bonchev–Trinajstić information content (AvgIpc) is 3.34. The van der Waals surface area contributed by atoms with Crippen LogP contribution in [0, 0.1) is 0 Å². The van der Waals surface area contributed by atoms with Gasteiger partial charge in [0, 0.05) is 25.5 Å². The fourth-order valence-electron chi connectivity index (χ4n) is 5.27. The number of para-hydroxylation sites is 1. The Kier molecular flexibility index (Phi) is 5.00. The number of likely N-dealkylation sites (tertiary alicyclic amines) is 1. The van der Waals surface area contributed by atoms with E-state index in [1.807, 2.05) is 54.6 Å². The molecule has 1 fully saturated rings. The van der Waals surface area contributed by atoms with Crippen LogP contribution in [0.2, 0.25) is 0 Å². The summed E-state index contributed by atoms with van der Waals surface area (Å²) in [4.78, 5) is 55.0. The Morgan fingerprint density at radius 3 is 2.58 bits per heavy atom. The number of carbonyl (C=O) groups excluding carboxylic acids is 2. The van der Waals surface area contributed by atoms with Gasteiger partial charge in [0.05, 0.1) is 11.5 Å². The summed E-state index contributed by atoms with van der Waals surface area (Å²) in [6, 6.07) is 17.1. The van der Waals surface area contributed by atoms with Gasteiger partial charge >= 0.3 is 5.69 Å². The third-order valence-electron chi connectivity index (χ3n) is 6.90. The lowest BCUT2D eigenvalue weighted by Crippen LogP contribution is -2.50. The number of fused-ring (bicyclic) bond motifs is 2. The minimum Gasteiger partial charge on any atom is -0.334 e. The molecule has 3 heterocycles. The van der Waals surface area contributed by atoms with Crippen molar-refractivity contribution < 1.29 is 9.59 Å². The van der Waals surface area contributed by atoms with Gasteiger partial charge in [0.1, 0.15) is 5.56 Å². The number of aromatic nitrogens is 2. The van der Waals surface area contributed by atoms with Gasteiger partial charge in [0.25, 0.3) is 11.5 Å². The first-order valence-corrected chi connectivity index (χ1v) is 11.0. The number of amides is 2. The van der Waals surface area contributed by atoms with Crippen molar-refractivity contribution in [2.75, 3.05) is 11.9 Å². The second kappa shape index (κ2) is 7.88. The van der Waals surface area contributed by atoms with Crippen LogP contribution >= 0.6 is 0 Å². The van der Waals surface area contributed by atoms with Gasteiger partial charge in [0.15, 0.2) is 0 Å². The number of H-pyrrole nitrogens is 1. The van der Waals surface area contributed by atoms with E-state index >= 15 is 0 Å². The number of anilines is 1. The van der Waals surface area contributed by atoms with Gasteiger partial charge in [-0.05, 0) is 36.5 Å². The molecular weight excluding hydrogens is 420 g/mol. The normalized spacial score (nSPS) is 21.3. The van der Waals surface area contributed by atoms with Crippen molar-refractivity contribution in [1.82, 2.24) is 14.5 Å². The van der Waals surface area contributed by atoms with Crippen molar-refractivity contribution in [3.63, 3.8) is 0 Å². The number of aryl methyl sites for hydroxylation is 2. The molecule has 5 rings (SSSR count). The molecule has 2 N–H and O–H groups in total. The highest BCUT2D eigenvalue weighted by Crippen LogP contribution is 2.49. The molecule has 2 aliphatic rings. The van der Waals surface area contributed by atoms with Gasteiger partial charge in [-0.15, -0.1) is 0 Å². The second-order valence-corrected chi connectivity index (χ2v) is 8.67. The van der Waals surface area contributed by atoms with Gasteiger partial charge in [-0.2, -0.15) is 0 Å². The number of hydrogen-bond donors (Lipinski definition) is 2. The molecule has 8 heteroatoms. The monoisotopic (exact) mass is 444 g/mol. The predicted octanol–water partition coefficient (Wildman–Crippen LogP) is 1.81.